The minimum absolute atomic E-state index is 0.360. The molecule has 2 N–H and O–H groups in total. The third-order valence-corrected chi connectivity index (χ3v) is 4.33. The molecule has 138 valence electrons. The minimum Gasteiger partial charge on any atom is -0.348 e. The predicted octanol–water partition coefficient (Wildman–Crippen LogP) is 3.57. The molecule has 0 saturated heterocycles. The van der Waals surface area contributed by atoms with E-state index < -0.39 is 11.8 Å². The molecule has 0 radical (unpaired) electrons. The summed E-state index contributed by atoms with van der Waals surface area (Å²) in [7, 11) is 0. The molecule has 0 unspecified atom stereocenters. The Morgan fingerprint density at radius 2 is 1.46 bits per heavy atom. The maximum absolute atomic E-state index is 11.9. The van der Waals surface area contributed by atoms with Crippen molar-refractivity contribution in [2.75, 3.05) is 6.54 Å². The minimum atomic E-state index is -0.582. The number of benzene rings is 2. The van der Waals surface area contributed by atoms with Gasteiger partial charge in [0.05, 0.1) is 0 Å². The molecule has 4 nitrogen and oxygen atoms in total. The summed E-state index contributed by atoms with van der Waals surface area (Å²) in [6.07, 6.45) is 2.81. The molecule has 2 rings (SSSR count). The van der Waals surface area contributed by atoms with Crippen LogP contribution >= 0.6 is 0 Å². The molecule has 0 aromatic heterocycles. The molecule has 2 aromatic carbocycles. The van der Waals surface area contributed by atoms with Gasteiger partial charge in [0.15, 0.2) is 0 Å². The van der Waals surface area contributed by atoms with Crippen LogP contribution in [0.15, 0.2) is 54.6 Å². The van der Waals surface area contributed by atoms with E-state index in [0.717, 1.165) is 24.8 Å². The average Bonchev–Trinajstić information content (AvgIpc) is 2.66. The summed E-state index contributed by atoms with van der Waals surface area (Å²) in [6, 6.07) is 18.3. The molecule has 0 bridgehead atoms. The summed E-state index contributed by atoms with van der Waals surface area (Å²) in [5, 5.41) is 5.34. The van der Waals surface area contributed by atoms with Crippen molar-refractivity contribution in [1.82, 2.24) is 10.6 Å². The molecule has 0 fully saturated rings. The number of aryl methyl sites for hydroxylation is 1. The average molecular weight is 352 g/mol. The Morgan fingerprint density at radius 1 is 0.808 bits per heavy atom. The van der Waals surface area contributed by atoms with Crippen LogP contribution in [0.2, 0.25) is 0 Å². The highest BCUT2D eigenvalue weighted by Gasteiger charge is 2.12. The van der Waals surface area contributed by atoms with Gasteiger partial charge >= 0.3 is 11.8 Å². The summed E-state index contributed by atoms with van der Waals surface area (Å²) >= 11 is 0. The Labute approximate surface area is 156 Å². The van der Waals surface area contributed by atoms with E-state index in [1.807, 2.05) is 30.3 Å². The number of unbranched alkanes of at least 4 members (excludes halogenated alkanes) is 1. The van der Waals surface area contributed by atoms with Crippen molar-refractivity contribution in [1.29, 1.82) is 0 Å². The molecule has 26 heavy (non-hydrogen) atoms. The van der Waals surface area contributed by atoms with Crippen LogP contribution in [0, 0.1) is 0 Å². The Kier molecular flexibility index (Phi) is 7.87. The third kappa shape index (κ3) is 6.71. The van der Waals surface area contributed by atoms with Gasteiger partial charge < -0.3 is 10.6 Å². The van der Waals surface area contributed by atoms with Crippen LogP contribution < -0.4 is 10.6 Å². The lowest BCUT2D eigenvalue weighted by Gasteiger charge is -2.09. The first kappa shape index (κ1) is 19.7. The van der Waals surface area contributed by atoms with Crippen LogP contribution in [0.4, 0.5) is 0 Å². The van der Waals surface area contributed by atoms with E-state index in [0.29, 0.717) is 19.0 Å². The quantitative estimate of drug-likeness (QED) is 0.564. The van der Waals surface area contributed by atoms with Crippen molar-refractivity contribution in [2.24, 2.45) is 0 Å². The van der Waals surface area contributed by atoms with Gasteiger partial charge in [-0.1, -0.05) is 68.4 Å². The highest BCUT2D eigenvalue weighted by Crippen LogP contribution is 2.14. The van der Waals surface area contributed by atoms with E-state index in [1.54, 1.807) is 0 Å². The van der Waals surface area contributed by atoms with Gasteiger partial charge in [-0.3, -0.25) is 9.59 Å². The molecular weight excluding hydrogens is 324 g/mol. The predicted molar refractivity (Wildman–Crippen MR) is 105 cm³/mol. The lowest BCUT2D eigenvalue weighted by Crippen LogP contribution is -2.39. The maximum Gasteiger partial charge on any atom is 0.309 e. The van der Waals surface area contributed by atoms with E-state index in [1.165, 1.54) is 11.1 Å². The number of amides is 2. The number of hydrogen-bond donors (Lipinski definition) is 2. The molecule has 0 heterocycles. The third-order valence-electron chi connectivity index (χ3n) is 4.33. The maximum atomic E-state index is 11.9. The molecular formula is C22H28N2O2. The Hall–Kier alpha value is -2.62. The SMILES string of the molecule is CC(C)c1ccc(CNC(=O)C(=O)NCCCCc2ccccc2)cc1. The van der Waals surface area contributed by atoms with Gasteiger partial charge in [0.25, 0.3) is 0 Å². The zero-order chi connectivity index (χ0) is 18.8. The Morgan fingerprint density at radius 3 is 2.12 bits per heavy atom. The normalized spacial score (nSPS) is 10.6. The van der Waals surface area contributed by atoms with Crippen molar-refractivity contribution in [3.63, 3.8) is 0 Å². The number of nitrogens with one attached hydrogen (secondary N) is 2. The van der Waals surface area contributed by atoms with Gasteiger partial charge in [-0.2, -0.15) is 0 Å². The van der Waals surface area contributed by atoms with Crippen LogP contribution in [0.5, 0.6) is 0 Å². The number of carbonyl (C=O) groups is 2. The fourth-order valence-electron chi connectivity index (χ4n) is 2.66. The summed E-state index contributed by atoms with van der Waals surface area (Å²) in [5.74, 6) is -0.671. The first-order valence-corrected chi connectivity index (χ1v) is 9.25. The second kappa shape index (κ2) is 10.4. The number of hydrogen-bond acceptors (Lipinski definition) is 2. The van der Waals surface area contributed by atoms with Crippen molar-refractivity contribution >= 4 is 11.8 Å². The molecule has 2 aromatic rings. The largest absolute Gasteiger partial charge is 0.348 e. The molecule has 0 atom stereocenters. The summed E-state index contributed by atoms with van der Waals surface area (Å²) in [6.45, 7) is 5.16. The first-order chi connectivity index (χ1) is 12.6. The van der Waals surface area contributed by atoms with Crippen molar-refractivity contribution < 1.29 is 9.59 Å². The zero-order valence-corrected chi connectivity index (χ0v) is 15.6. The smallest absolute Gasteiger partial charge is 0.309 e. The Bertz CT molecular complexity index is 694. The fraction of sp³-hybridized carbons (Fsp3) is 0.364. The van der Waals surface area contributed by atoms with Gasteiger partial charge in [-0.25, -0.2) is 0 Å². The fourth-order valence-corrected chi connectivity index (χ4v) is 2.66. The van der Waals surface area contributed by atoms with Crippen molar-refractivity contribution in [3.05, 3.63) is 71.3 Å². The molecule has 2 amide bonds. The van der Waals surface area contributed by atoms with Gasteiger partial charge in [0, 0.05) is 13.1 Å². The highest BCUT2D eigenvalue weighted by molar-refractivity contribution is 6.35. The molecule has 0 aliphatic rings. The van der Waals surface area contributed by atoms with Gasteiger partial charge in [0.2, 0.25) is 0 Å². The molecule has 0 saturated carbocycles. The van der Waals surface area contributed by atoms with Crippen LogP contribution in [-0.4, -0.2) is 18.4 Å². The van der Waals surface area contributed by atoms with E-state index in [-0.39, 0.29) is 0 Å². The van der Waals surface area contributed by atoms with Gasteiger partial charge in [0.1, 0.15) is 0 Å². The molecule has 0 spiro atoms. The second-order valence-corrected chi connectivity index (χ2v) is 6.78. The Balaban J connectivity index is 1.62. The van der Waals surface area contributed by atoms with E-state index >= 15 is 0 Å². The lowest BCUT2D eigenvalue weighted by atomic mass is 10.0. The molecule has 4 heteroatoms. The number of carbonyl (C=O) groups excluding carboxylic acids is 2. The summed E-state index contributed by atoms with van der Waals surface area (Å²) in [5.41, 5.74) is 3.53. The van der Waals surface area contributed by atoms with E-state index in [9.17, 15) is 9.59 Å². The summed E-state index contributed by atoms with van der Waals surface area (Å²) < 4.78 is 0. The van der Waals surface area contributed by atoms with Crippen LogP contribution in [0.1, 0.15) is 49.3 Å². The monoisotopic (exact) mass is 352 g/mol. The number of rotatable bonds is 8. The van der Waals surface area contributed by atoms with Crippen molar-refractivity contribution in [2.45, 2.75) is 45.6 Å². The van der Waals surface area contributed by atoms with Crippen LogP contribution in [0.3, 0.4) is 0 Å². The first-order valence-electron chi connectivity index (χ1n) is 9.25. The topological polar surface area (TPSA) is 58.2 Å². The van der Waals surface area contributed by atoms with Crippen molar-refractivity contribution in [3.8, 4) is 0 Å². The second-order valence-electron chi connectivity index (χ2n) is 6.78. The van der Waals surface area contributed by atoms with Gasteiger partial charge in [-0.15, -0.1) is 0 Å². The molecule has 0 aliphatic carbocycles. The summed E-state index contributed by atoms with van der Waals surface area (Å²) in [4.78, 5) is 23.7. The van der Waals surface area contributed by atoms with Crippen LogP contribution in [-0.2, 0) is 22.6 Å². The van der Waals surface area contributed by atoms with E-state index in [2.05, 4.69) is 48.7 Å². The molecule has 0 aliphatic heterocycles. The van der Waals surface area contributed by atoms with E-state index in [4.69, 9.17) is 0 Å². The zero-order valence-electron chi connectivity index (χ0n) is 15.6. The highest BCUT2D eigenvalue weighted by atomic mass is 16.2. The van der Waals surface area contributed by atoms with Crippen LogP contribution in [0.25, 0.3) is 0 Å². The lowest BCUT2D eigenvalue weighted by molar-refractivity contribution is -0.139. The van der Waals surface area contributed by atoms with Gasteiger partial charge in [-0.05, 0) is 41.9 Å². The standard InChI is InChI=1S/C22H28N2O2/c1-17(2)20-13-11-19(12-14-20)16-24-22(26)21(25)23-15-7-6-10-18-8-4-3-5-9-18/h3-5,8-9,11-14,17H,6-7,10,15-16H2,1-2H3,(H,23,25)(H,24,26).